The molecule has 9 heteroatoms. The van der Waals surface area contributed by atoms with Gasteiger partial charge in [-0.3, -0.25) is 19.2 Å². The van der Waals surface area contributed by atoms with Crippen LogP contribution in [-0.2, 0) is 41.5 Å². The Morgan fingerprint density at radius 1 is 0.951 bits per heavy atom. The third-order valence-corrected chi connectivity index (χ3v) is 6.72. The lowest BCUT2D eigenvalue weighted by Gasteiger charge is -2.38. The molecular weight excluding hydrogens is 524 g/mol. The van der Waals surface area contributed by atoms with Crippen molar-refractivity contribution in [2.45, 2.75) is 58.2 Å². The summed E-state index contributed by atoms with van der Waals surface area (Å²) in [6, 6.07) is 17.2. The number of ether oxygens (including phenoxy) is 2. The van der Waals surface area contributed by atoms with Crippen LogP contribution in [0.3, 0.4) is 0 Å². The Morgan fingerprint density at radius 3 is 2.37 bits per heavy atom. The summed E-state index contributed by atoms with van der Waals surface area (Å²) in [5, 5.41) is 4.36. The maximum atomic E-state index is 13.7. The predicted octanol–water partition coefficient (Wildman–Crippen LogP) is 3.41. The van der Waals surface area contributed by atoms with Crippen molar-refractivity contribution in [1.29, 1.82) is 0 Å². The number of esters is 2. The van der Waals surface area contributed by atoms with Crippen LogP contribution in [0, 0.1) is 0 Å². The van der Waals surface area contributed by atoms with Crippen molar-refractivity contribution < 1.29 is 33.4 Å². The first-order valence-corrected chi connectivity index (χ1v) is 13.5. The first kappa shape index (κ1) is 29.5. The molecule has 0 radical (unpaired) electrons. The van der Waals surface area contributed by atoms with Gasteiger partial charge >= 0.3 is 11.9 Å². The molecule has 0 saturated heterocycles. The molecule has 0 spiro atoms. The van der Waals surface area contributed by atoms with Gasteiger partial charge in [0.2, 0.25) is 5.91 Å². The second-order valence-electron chi connectivity index (χ2n) is 11.0. The van der Waals surface area contributed by atoms with Crippen molar-refractivity contribution in [2.24, 2.45) is 0 Å². The SMILES string of the molecule is CC(=O)NC(C(=O)OC(C)(C)C)C(C(=O)COC(=O)Cc1cccc2ccccc12)N1CCc2ccccc2C1=O. The van der Waals surface area contributed by atoms with Crippen LogP contribution in [0.2, 0.25) is 0 Å². The van der Waals surface area contributed by atoms with Crippen LogP contribution in [-0.4, -0.2) is 65.3 Å². The normalized spacial score (nSPS) is 14.5. The lowest BCUT2D eigenvalue weighted by molar-refractivity contribution is -0.162. The van der Waals surface area contributed by atoms with Gasteiger partial charge in [0.15, 0.2) is 18.4 Å². The summed E-state index contributed by atoms with van der Waals surface area (Å²) in [7, 11) is 0. The van der Waals surface area contributed by atoms with Gasteiger partial charge in [-0.05, 0) is 55.2 Å². The topological polar surface area (TPSA) is 119 Å². The van der Waals surface area contributed by atoms with Gasteiger partial charge < -0.3 is 19.7 Å². The summed E-state index contributed by atoms with van der Waals surface area (Å²) in [4.78, 5) is 66.9. The average molecular weight is 559 g/mol. The molecule has 9 nitrogen and oxygen atoms in total. The number of nitrogens with one attached hydrogen (secondary N) is 1. The summed E-state index contributed by atoms with van der Waals surface area (Å²) < 4.78 is 10.9. The summed E-state index contributed by atoms with van der Waals surface area (Å²) in [5.41, 5.74) is 1.03. The second kappa shape index (κ2) is 12.3. The molecule has 4 rings (SSSR count). The lowest BCUT2D eigenvalue weighted by Crippen LogP contribution is -2.62. The van der Waals surface area contributed by atoms with Crippen LogP contribution in [0.25, 0.3) is 10.8 Å². The molecular formula is C32H34N2O7. The molecule has 0 saturated carbocycles. The molecule has 0 fully saturated rings. The number of hydrogen-bond donors (Lipinski definition) is 1. The number of rotatable bonds is 9. The summed E-state index contributed by atoms with van der Waals surface area (Å²) in [6.07, 6.45) is 0.365. The highest BCUT2D eigenvalue weighted by Gasteiger charge is 2.44. The predicted molar refractivity (Wildman–Crippen MR) is 152 cm³/mol. The van der Waals surface area contributed by atoms with Gasteiger partial charge in [0.25, 0.3) is 5.91 Å². The number of hydrogen-bond acceptors (Lipinski definition) is 7. The molecule has 214 valence electrons. The quantitative estimate of drug-likeness (QED) is 0.400. The van der Waals surface area contributed by atoms with Crippen LogP contribution in [0.1, 0.15) is 49.2 Å². The van der Waals surface area contributed by atoms with Crippen LogP contribution in [0.4, 0.5) is 0 Å². The largest absolute Gasteiger partial charge is 0.458 e. The van der Waals surface area contributed by atoms with Crippen LogP contribution < -0.4 is 5.32 Å². The van der Waals surface area contributed by atoms with E-state index in [4.69, 9.17) is 9.47 Å². The highest BCUT2D eigenvalue weighted by molar-refractivity contribution is 6.03. The molecule has 3 aromatic rings. The Bertz CT molecular complexity index is 1490. The fourth-order valence-electron chi connectivity index (χ4n) is 4.99. The number of Topliss-reactive ketones (excluding diaryl/α,β-unsaturated/α-hetero) is 1. The van der Waals surface area contributed by atoms with Crippen molar-refractivity contribution in [2.75, 3.05) is 13.2 Å². The fourth-order valence-corrected chi connectivity index (χ4v) is 4.99. The third-order valence-electron chi connectivity index (χ3n) is 6.72. The zero-order valence-corrected chi connectivity index (χ0v) is 23.6. The van der Waals surface area contributed by atoms with E-state index in [0.29, 0.717) is 12.0 Å². The number of benzene rings is 3. The van der Waals surface area contributed by atoms with E-state index >= 15 is 0 Å². The standard InChI is InChI=1S/C32H34N2O7/c1-20(35)33-28(31(39)41-32(2,3)4)29(34-17-16-22-11-6-8-15-25(22)30(34)38)26(36)19-40-27(37)18-23-13-9-12-21-10-5-7-14-24(21)23/h5-15,28-29H,16-19H2,1-4H3,(H,33,35). The van der Waals surface area contributed by atoms with Gasteiger partial charge in [-0.15, -0.1) is 0 Å². The van der Waals surface area contributed by atoms with E-state index < -0.39 is 53.8 Å². The van der Waals surface area contributed by atoms with E-state index in [1.807, 2.05) is 54.6 Å². The third kappa shape index (κ3) is 7.16. The Hall–Kier alpha value is -4.53. The number of carbonyl (C=O) groups is 5. The molecule has 1 heterocycles. The fraction of sp³-hybridized carbons (Fsp3) is 0.344. The van der Waals surface area contributed by atoms with Gasteiger partial charge in [-0.1, -0.05) is 60.7 Å². The van der Waals surface area contributed by atoms with Crippen molar-refractivity contribution in [3.8, 4) is 0 Å². The first-order valence-electron chi connectivity index (χ1n) is 13.5. The van der Waals surface area contributed by atoms with Crippen molar-refractivity contribution >= 4 is 40.3 Å². The number of carbonyl (C=O) groups excluding carboxylic acids is 5. The van der Waals surface area contributed by atoms with Crippen LogP contribution >= 0.6 is 0 Å². The number of ketones is 1. The molecule has 0 aromatic heterocycles. The van der Waals surface area contributed by atoms with E-state index in [1.165, 1.54) is 11.8 Å². The zero-order valence-electron chi connectivity index (χ0n) is 23.6. The maximum absolute atomic E-state index is 13.7. The van der Waals surface area contributed by atoms with Gasteiger partial charge in [0.05, 0.1) is 6.42 Å². The molecule has 1 aliphatic rings. The molecule has 2 atom stereocenters. The summed E-state index contributed by atoms with van der Waals surface area (Å²) >= 11 is 0. The highest BCUT2D eigenvalue weighted by Crippen LogP contribution is 2.24. The monoisotopic (exact) mass is 558 g/mol. The van der Waals surface area contributed by atoms with E-state index in [2.05, 4.69) is 5.32 Å². The Morgan fingerprint density at radius 2 is 1.63 bits per heavy atom. The van der Waals surface area contributed by atoms with Crippen LogP contribution in [0.5, 0.6) is 0 Å². The Labute approximate surface area is 238 Å². The van der Waals surface area contributed by atoms with E-state index in [9.17, 15) is 24.0 Å². The molecule has 2 unspecified atom stereocenters. The number of amides is 2. The van der Waals surface area contributed by atoms with E-state index in [-0.39, 0.29) is 13.0 Å². The minimum absolute atomic E-state index is 0.0729. The Balaban J connectivity index is 1.60. The Kier molecular flexibility index (Phi) is 8.86. The minimum Gasteiger partial charge on any atom is -0.458 e. The van der Waals surface area contributed by atoms with Crippen molar-refractivity contribution in [1.82, 2.24) is 10.2 Å². The lowest BCUT2D eigenvalue weighted by atomic mass is 9.93. The second-order valence-corrected chi connectivity index (χ2v) is 11.0. The molecule has 2 amide bonds. The smallest absolute Gasteiger partial charge is 0.331 e. The molecule has 1 aliphatic heterocycles. The molecule has 41 heavy (non-hydrogen) atoms. The minimum atomic E-state index is -1.51. The number of fused-ring (bicyclic) bond motifs is 2. The average Bonchev–Trinajstić information content (AvgIpc) is 2.92. The summed E-state index contributed by atoms with van der Waals surface area (Å²) in [5.74, 6) is -3.28. The van der Waals surface area contributed by atoms with Gasteiger partial charge in [0.1, 0.15) is 11.6 Å². The molecule has 3 aromatic carbocycles. The van der Waals surface area contributed by atoms with Crippen LogP contribution in [0.15, 0.2) is 66.7 Å². The number of nitrogens with zero attached hydrogens (tertiary/aromatic N) is 1. The van der Waals surface area contributed by atoms with Crippen molar-refractivity contribution in [3.05, 3.63) is 83.4 Å². The van der Waals surface area contributed by atoms with Gasteiger partial charge in [-0.2, -0.15) is 0 Å². The molecule has 0 bridgehead atoms. The van der Waals surface area contributed by atoms with Crippen molar-refractivity contribution in [3.63, 3.8) is 0 Å². The highest BCUT2D eigenvalue weighted by atomic mass is 16.6. The summed E-state index contributed by atoms with van der Waals surface area (Å²) in [6.45, 7) is 5.60. The van der Waals surface area contributed by atoms with E-state index in [1.54, 1.807) is 32.9 Å². The molecule has 1 N–H and O–H groups in total. The molecule has 0 aliphatic carbocycles. The van der Waals surface area contributed by atoms with Gasteiger partial charge in [-0.25, -0.2) is 4.79 Å². The maximum Gasteiger partial charge on any atom is 0.331 e. The van der Waals surface area contributed by atoms with E-state index in [0.717, 1.165) is 21.9 Å². The zero-order chi connectivity index (χ0) is 29.7. The van der Waals surface area contributed by atoms with Gasteiger partial charge in [0, 0.05) is 19.0 Å². The first-order chi connectivity index (χ1) is 19.4.